The van der Waals surface area contributed by atoms with E-state index in [2.05, 4.69) is 6.58 Å². The molecule has 0 radical (unpaired) electrons. The van der Waals surface area contributed by atoms with E-state index in [1.54, 1.807) is 11.9 Å². The molecule has 1 aromatic carbocycles. The Morgan fingerprint density at radius 3 is 2.71 bits per heavy atom. The minimum Gasteiger partial charge on any atom is -0.344 e. The third kappa shape index (κ3) is 4.04. The van der Waals surface area contributed by atoms with Gasteiger partial charge >= 0.3 is 0 Å². The number of hydrogen-bond donors (Lipinski definition) is 1. The summed E-state index contributed by atoms with van der Waals surface area (Å²) in [6.45, 7) is 4.37. The minimum absolute atomic E-state index is 0.0414. The highest BCUT2D eigenvalue weighted by atomic mass is 16.2. The lowest BCUT2D eigenvalue weighted by atomic mass is 10.1. The molecule has 0 fully saturated rings. The largest absolute Gasteiger partial charge is 0.344 e. The van der Waals surface area contributed by atoms with Crippen LogP contribution in [0.1, 0.15) is 24.4 Å². The number of benzene rings is 1. The third-order valence-corrected chi connectivity index (χ3v) is 2.70. The van der Waals surface area contributed by atoms with Crippen LogP contribution in [0.4, 0.5) is 0 Å². The number of rotatable bonds is 6. The lowest BCUT2D eigenvalue weighted by molar-refractivity contribution is -0.131. The third-order valence-electron chi connectivity index (χ3n) is 2.70. The molecule has 0 aliphatic carbocycles. The second-order valence-electron chi connectivity index (χ2n) is 4.08. The molecule has 0 heterocycles. The van der Waals surface area contributed by atoms with E-state index in [4.69, 9.17) is 5.73 Å². The molecule has 0 bridgehead atoms. The molecule has 2 N–H and O–H groups in total. The summed E-state index contributed by atoms with van der Waals surface area (Å²) in [6.07, 6.45) is 3.70. The molecule has 1 atom stereocenters. The van der Waals surface area contributed by atoms with Gasteiger partial charge in [-0.05, 0) is 18.4 Å². The van der Waals surface area contributed by atoms with Crippen LogP contribution in [-0.2, 0) is 4.79 Å². The molecule has 0 aliphatic heterocycles. The number of carbonyl (C=O) groups is 1. The topological polar surface area (TPSA) is 46.3 Å². The van der Waals surface area contributed by atoms with E-state index >= 15 is 0 Å². The molecule has 0 unspecified atom stereocenters. The van der Waals surface area contributed by atoms with Crippen molar-refractivity contribution in [3.05, 3.63) is 48.6 Å². The molecule has 3 heteroatoms. The fourth-order valence-corrected chi connectivity index (χ4v) is 1.62. The van der Waals surface area contributed by atoms with E-state index in [1.165, 1.54) is 0 Å². The number of hydrogen-bond acceptors (Lipinski definition) is 2. The number of nitrogens with zero attached hydrogens (tertiary/aromatic N) is 1. The Labute approximate surface area is 103 Å². The van der Waals surface area contributed by atoms with Crippen LogP contribution < -0.4 is 5.73 Å². The van der Waals surface area contributed by atoms with Crippen LogP contribution in [0.15, 0.2) is 43.0 Å². The molecule has 3 nitrogen and oxygen atoms in total. The van der Waals surface area contributed by atoms with Crippen LogP contribution in [0.2, 0.25) is 0 Å². The van der Waals surface area contributed by atoms with Crippen molar-refractivity contribution < 1.29 is 4.79 Å². The quantitative estimate of drug-likeness (QED) is 0.603. The van der Waals surface area contributed by atoms with Gasteiger partial charge in [0.05, 0.1) is 0 Å². The van der Waals surface area contributed by atoms with Crippen molar-refractivity contribution in [2.45, 2.75) is 18.9 Å². The number of amides is 1. The zero-order valence-corrected chi connectivity index (χ0v) is 10.3. The Balaban J connectivity index is 2.54. The molecular formula is C14H20N2O. The Morgan fingerprint density at radius 2 is 2.12 bits per heavy atom. The van der Waals surface area contributed by atoms with Crippen molar-refractivity contribution in [1.82, 2.24) is 4.90 Å². The van der Waals surface area contributed by atoms with Gasteiger partial charge in [-0.1, -0.05) is 36.4 Å². The highest BCUT2D eigenvalue weighted by Crippen LogP contribution is 2.12. The molecule has 0 saturated carbocycles. The maximum Gasteiger partial charge on any atom is 0.243 e. The van der Waals surface area contributed by atoms with Gasteiger partial charge in [-0.2, -0.15) is 0 Å². The average molecular weight is 232 g/mol. The van der Waals surface area contributed by atoms with Crippen molar-refractivity contribution >= 4 is 5.91 Å². The Kier molecular flexibility index (Phi) is 5.43. The lowest BCUT2D eigenvalue weighted by Gasteiger charge is -2.21. The fourth-order valence-electron chi connectivity index (χ4n) is 1.62. The van der Waals surface area contributed by atoms with Crippen LogP contribution >= 0.6 is 0 Å². The van der Waals surface area contributed by atoms with Gasteiger partial charge in [0.1, 0.15) is 6.04 Å². The zero-order chi connectivity index (χ0) is 12.7. The summed E-state index contributed by atoms with van der Waals surface area (Å²) in [7, 11) is 1.79. The first-order valence-electron chi connectivity index (χ1n) is 5.83. The number of carbonyl (C=O) groups excluding carboxylic acids is 1. The summed E-state index contributed by atoms with van der Waals surface area (Å²) in [4.78, 5) is 13.7. The predicted octanol–water partition coefficient (Wildman–Crippen LogP) is 2.11. The highest BCUT2D eigenvalue weighted by Gasteiger charge is 2.18. The minimum atomic E-state index is -0.565. The first kappa shape index (κ1) is 13.5. The summed E-state index contributed by atoms with van der Waals surface area (Å²) in [5.74, 6) is -0.0414. The van der Waals surface area contributed by atoms with Crippen LogP contribution in [0.25, 0.3) is 0 Å². The average Bonchev–Trinajstić information content (AvgIpc) is 2.38. The smallest absolute Gasteiger partial charge is 0.243 e. The Hall–Kier alpha value is -1.61. The van der Waals surface area contributed by atoms with Crippen molar-refractivity contribution in [1.29, 1.82) is 0 Å². The van der Waals surface area contributed by atoms with Gasteiger partial charge in [0.2, 0.25) is 5.91 Å². The second kappa shape index (κ2) is 6.86. The van der Waals surface area contributed by atoms with Crippen molar-refractivity contribution in [3.63, 3.8) is 0 Å². The van der Waals surface area contributed by atoms with Gasteiger partial charge in [-0.15, -0.1) is 6.58 Å². The summed E-state index contributed by atoms with van der Waals surface area (Å²) >= 11 is 0. The lowest BCUT2D eigenvalue weighted by Crippen LogP contribution is -2.36. The van der Waals surface area contributed by atoms with Crippen LogP contribution in [-0.4, -0.2) is 24.4 Å². The fraction of sp³-hybridized carbons (Fsp3) is 0.357. The van der Waals surface area contributed by atoms with E-state index in [-0.39, 0.29) is 5.91 Å². The number of unbranched alkanes of at least 4 members (excludes halogenated alkanes) is 1. The molecule has 0 saturated heterocycles. The van der Waals surface area contributed by atoms with Gasteiger partial charge in [0.25, 0.3) is 0 Å². The summed E-state index contributed by atoms with van der Waals surface area (Å²) in [5.41, 5.74) is 6.79. The molecule has 17 heavy (non-hydrogen) atoms. The summed E-state index contributed by atoms with van der Waals surface area (Å²) in [6, 6.07) is 8.87. The van der Waals surface area contributed by atoms with Gasteiger partial charge in [-0.3, -0.25) is 4.79 Å². The molecule has 0 spiro atoms. The molecule has 1 aromatic rings. The standard InChI is InChI=1S/C14H20N2O/c1-3-4-8-11-16(2)14(17)13(15)12-9-6-5-7-10-12/h3,5-7,9-10,13H,1,4,8,11,15H2,2H3/t13-/m0/s1. The molecule has 1 amide bonds. The maximum absolute atomic E-state index is 12.0. The van der Waals surface area contributed by atoms with E-state index in [9.17, 15) is 4.79 Å². The SMILES string of the molecule is C=CCCCN(C)C(=O)[C@@H](N)c1ccccc1. The first-order valence-corrected chi connectivity index (χ1v) is 5.83. The van der Waals surface area contributed by atoms with Crippen LogP contribution in [0.5, 0.6) is 0 Å². The van der Waals surface area contributed by atoms with Crippen molar-refractivity contribution in [2.24, 2.45) is 5.73 Å². The zero-order valence-electron chi connectivity index (χ0n) is 10.3. The molecule has 1 rings (SSSR count). The van der Waals surface area contributed by atoms with Gasteiger partial charge in [-0.25, -0.2) is 0 Å². The Morgan fingerprint density at radius 1 is 1.47 bits per heavy atom. The second-order valence-corrected chi connectivity index (χ2v) is 4.08. The van der Waals surface area contributed by atoms with E-state index in [1.807, 2.05) is 36.4 Å². The Bertz CT molecular complexity index is 362. The van der Waals surface area contributed by atoms with E-state index in [0.717, 1.165) is 18.4 Å². The monoisotopic (exact) mass is 232 g/mol. The molecule has 0 aliphatic rings. The van der Waals surface area contributed by atoms with E-state index < -0.39 is 6.04 Å². The van der Waals surface area contributed by atoms with E-state index in [0.29, 0.717) is 6.54 Å². The van der Waals surface area contributed by atoms with Gasteiger partial charge < -0.3 is 10.6 Å². The summed E-state index contributed by atoms with van der Waals surface area (Å²) < 4.78 is 0. The number of likely N-dealkylation sites (N-methyl/N-ethyl adjacent to an activating group) is 1. The highest BCUT2D eigenvalue weighted by molar-refractivity contribution is 5.82. The molecular weight excluding hydrogens is 212 g/mol. The number of allylic oxidation sites excluding steroid dienone is 1. The molecule has 0 aromatic heterocycles. The predicted molar refractivity (Wildman–Crippen MR) is 70.4 cm³/mol. The summed E-state index contributed by atoms with van der Waals surface area (Å²) in [5, 5.41) is 0. The van der Waals surface area contributed by atoms with Gasteiger partial charge in [0, 0.05) is 13.6 Å². The van der Waals surface area contributed by atoms with Gasteiger partial charge in [0.15, 0.2) is 0 Å². The van der Waals surface area contributed by atoms with Crippen molar-refractivity contribution in [3.8, 4) is 0 Å². The van der Waals surface area contributed by atoms with Crippen LogP contribution in [0.3, 0.4) is 0 Å². The maximum atomic E-state index is 12.0. The molecule has 92 valence electrons. The van der Waals surface area contributed by atoms with Crippen LogP contribution in [0, 0.1) is 0 Å². The van der Waals surface area contributed by atoms with Crippen molar-refractivity contribution in [2.75, 3.05) is 13.6 Å². The normalized spacial score (nSPS) is 11.9. The first-order chi connectivity index (χ1) is 8.16. The number of nitrogens with two attached hydrogens (primary N) is 1.